The molecule has 0 aliphatic rings. The first-order valence-electron chi connectivity index (χ1n) is 7.03. The molecule has 116 valence electrons. The number of amides is 1. The Balaban J connectivity index is 1.97. The van der Waals surface area contributed by atoms with Crippen LogP contribution in [-0.2, 0) is 11.2 Å². The largest absolute Gasteiger partial charge is 0.466 e. The maximum atomic E-state index is 12.0. The van der Waals surface area contributed by atoms with Gasteiger partial charge in [0, 0.05) is 23.6 Å². The first kappa shape index (κ1) is 16.3. The van der Waals surface area contributed by atoms with Crippen LogP contribution in [0.15, 0.2) is 28.7 Å². The van der Waals surface area contributed by atoms with Gasteiger partial charge in [-0.15, -0.1) is 0 Å². The average Bonchev–Trinajstić information content (AvgIpc) is 2.82. The van der Waals surface area contributed by atoms with Crippen molar-refractivity contribution < 1.29 is 14.0 Å². The van der Waals surface area contributed by atoms with Gasteiger partial charge in [-0.05, 0) is 44.5 Å². The van der Waals surface area contributed by atoms with Gasteiger partial charge in [0.05, 0.1) is 5.56 Å². The molecule has 22 heavy (non-hydrogen) atoms. The van der Waals surface area contributed by atoms with E-state index in [2.05, 4.69) is 5.32 Å². The first-order chi connectivity index (χ1) is 10.4. The van der Waals surface area contributed by atoms with E-state index in [1.807, 2.05) is 13.0 Å². The van der Waals surface area contributed by atoms with Gasteiger partial charge in [0.1, 0.15) is 11.5 Å². The van der Waals surface area contributed by atoms with Crippen LogP contribution < -0.4 is 5.32 Å². The lowest BCUT2D eigenvalue weighted by Gasteiger charge is -2.08. The molecule has 1 aromatic heterocycles. The van der Waals surface area contributed by atoms with Crippen molar-refractivity contribution in [2.75, 3.05) is 5.32 Å². The van der Waals surface area contributed by atoms with Crippen molar-refractivity contribution in [2.24, 2.45) is 0 Å². The molecule has 0 spiro atoms. The summed E-state index contributed by atoms with van der Waals surface area (Å²) in [5, 5.41) is 3.41. The van der Waals surface area contributed by atoms with Crippen LogP contribution >= 0.6 is 11.6 Å². The van der Waals surface area contributed by atoms with Crippen molar-refractivity contribution in [3.05, 3.63) is 51.9 Å². The SMILES string of the molecule is CC(=O)c1cc(CCC(=O)Nc2cc(Cl)ccc2C)oc1C. The van der Waals surface area contributed by atoms with E-state index in [-0.39, 0.29) is 18.1 Å². The van der Waals surface area contributed by atoms with Gasteiger partial charge in [0.25, 0.3) is 0 Å². The van der Waals surface area contributed by atoms with Gasteiger partial charge in [0.2, 0.25) is 5.91 Å². The summed E-state index contributed by atoms with van der Waals surface area (Å²) in [6.07, 6.45) is 0.718. The number of hydrogen-bond acceptors (Lipinski definition) is 3. The zero-order chi connectivity index (χ0) is 16.3. The minimum Gasteiger partial charge on any atom is -0.466 e. The molecule has 4 nitrogen and oxygen atoms in total. The number of ketones is 1. The predicted molar refractivity (Wildman–Crippen MR) is 86.6 cm³/mol. The molecule has 1 amide bonds. The molecule has 0 atom stereocenters. The average molecular weight is 320 g/mol. The van der Waals surface area contributed by atoms with Gasteiger partial charge in [-0.1, -0.05) is 17.7 Å². The molecular weight excluding hydrogens is 302 g/mol. The van der Waals surface area contributed by atoms with Gasteiger partial charge >= 0.3 is 0 Å². The lowest BCUT2D eigenvalue weighted by atomic mass is 10.1. The number of anilines is 1. The molecule has 0 radical (unpaired) electrons. The molecular formula is C17H18ClNO3. The smallest absolute Gasteiger partial charge is 0.224 e. The number of benzene rings is 1. The van der Waals surface area contributed by atoms with Crippen LogP contribution in [0.4, 0.5) is 5.69 Å². The number of halogens is 1. The highest BCUT2D eigenvalue weighted by atomic mass is 35.5. The molecule has 0 aliphatic carbocycles. The minimum atomic E-state index is -0.121. The summed E-state index contributed by atoms with van der Waals surface area (Å²) in [5.74, 6) is 1.07. The van der Waals surface area contributed by atoms with Crippen molar-refractivity contribution in [1.82, 2.24) is 0 Å². The van der Waals surface area contributed by atoms with Gasteiger partial charge in [-0.25, -0.2) is 0 Å². The second-order valence-corrected chi connectivity index (χ2v) is 5.68. The van der Waals surface area contributed by atoms with E-state index < -0.39 is 0 Å². The van der Waals surface area contributed by atoms with E-state index in [1.54, 1.807) is 25.1 Å². The third-order valence-electron chi connectivity index (χ3n) is 3.42. The number of carbonyl (C=O) groups is 2. The highest BCUT2D eigenvalue weighted by molar-refractivity contribution is 6.31. The zero-order valence-electron chi connectivity index (χ0n) is 12.8. The van der Waals surface area contributed by atoms with Gasteiger partial charge in [0.15, 0.2) is 5.78 Å². The maximum absolute atomic E-state index is 12.0. The van der Waals surface area contributed by atoms with Crippen molar-refractivity contribution in [3.63, 3.8) is 0 Å². The molecule has 2 rings (SSSR count). The van der Waals surface area contributed by atoms with Crippen LogP contribution in [0.25, 0.3) is 0 Å². The maximum Gasteiger partial charge on any atom is 0.224 e. The lowest BCUT2D eigenvalue weighted by molar-refractivity contribution is -0.116. The number of carbonyl (C=O) groups excluding carboxylic acids is 2. The first-order valence-corrected chi connectivity index (χ1v) is 7.41. The number of furan rings is 1. The molecule has 2 aromatic rings. The Morgan fingerprint density at radius 3 is 2.59 bits per heavy atom. The lowest BCUT2D eigenvalue weighted by Crippen LogP contribution is -2.13. The minimum absolute atomic E-state index is 0.0356. The Kier molecular flexibility index (Phi) is 5.03. The molecule has 1 heterocycles. The number of rotatable bonds is 5. The normalized spacial score (nSPS) is 10.5. The van der Waals surface area contributed by atoms with E-state index in [9.17, 15) is 9.59 Å². The summed E-state index contributed by atoms with van der Waals surface area (Å²) >= 11 is 5.92. The molecule has 0 saturated carbocycles. The van der Waals surface area contributed by atoms with Crippen molar-refractivity contribution in [3.8, 4) is 0 Å². The third-order valence-corrected chi connectivity index (χ3v) is 3.66. The second kappa shape index (κ2) is 6.79. The number of Topliss-reactive ketones (excluding diaryl/α,β-unsaturated/α-hetero) is 1. The molecule has 0 fully saturated rings. The predicted octanol–water partition coefficient (Wildman–Crippen LogP) is 4.32. The van der Waals surface area contributed by atoms with Crippen LogP contribution in [-0.4, -0.2) is 11.7 Å². The molecule has 1 N–H and O–H groups in total. The fraction of sp³-hybridized carbons (Fsp3) is 0.294. The zero-order valence-corrected chi connectivity index (χ0v) is 13.6. The highest BCUT2D eigenvalue weighted by Crippen LogP contribution is 2.21. The molecule has 0 unspecified atom stereocenters. The number of nitrogens with one attached hydrogen (secondary N) is 1. The number of aryl methyl sites for hydroxylation is 3. The molecule has 1 aromatic carbocycles. The monoisotopic (exact) mass is 319 g/mol. The van der Waals surface area contributed by atoms with Crippen LogP contribution in [0.5, 0.6) is 0 Å². The molecule has 5 heteroatoms. The summed E-state index contributed by atoms with van der Waals surface area (Å²) in [5.41, 5.74) is 2.23. The van der Waals surface area contributed by atoms with Crippen molar-refractivity contribution in [1.29, 1.82) is 0 Å². The van der Waals surface area contributed by atoms with E-state index in [4.69, 9.17) is 16.0 Å². The van der Waals surface area contributed by atoms with E-state index >= 15 is 0 Å². The van der Waals surface area contributed by atoms with Crippen LogP contribution in [0.2, 0.25) is 5.02 Å². The summed E-state index contributed by atoms with van der Waals surface area (Å²) in [4.78, 5) is 23.4. The quantitative estimate of drug-likeness (QED) is 0.835. The van der Waals surface area contributed by atoms with Crippen molar-refractivity contribution in [2.45, 2.75) is 33.6 Å². The Labute approximate surface area is 134 Å². The number of hydrogen-bond donors (Lipinski definition) is 1. The molecule has 0 bridgehead atoms. The van der Waals surface area contributed by atoms with Gasteiger partial charge < -0.3 is 9.73 Å². The Bertz CT molecular complexity index is 719. The van der Waals surface area contributed by atoms with E-state index in [0.717, 1.165) is 5.56 Å². The summed E-state index contributed by atoms with van der Waals surface area (Å²) in [6, 6.07) is 7.06. The fourth-order valence-corrected chi connectivity index (χ4v) is 2.37. The second-order valence-electron chi connectivity index (χ2n) is 5.25. The van der Waals surface area contributed by atoms with E-state index in [0.29, 0.717) is 34.2 Å². The summed E-state index contributed by atoms with van der Waals surface area (Å²) in [7, 11) is 0. The van der Waals surface area contributed by atoms with Gasteiger partial charge in [-0.3, -0.25) is 9.59 Å². The highest BCUT2D eigenvalue weighted by Gasteiger charge is 2.13. The molecule has 0 aliphatic heterocycles. The third kappa shape index (κ3) is 3.98. The Morgan fingerprint density at radius 2 is 1.95 bits per heavy atom. The Hall–Kier alpha value is -2.07. The fourth-order valence-electron chi connectivity index (χ4n) is 2.19. The summed E-state index contributed by atoms with van der Waals surface area (Å²) < 4.78 is 5.50. The van der Waals surface area contributed by atoms with Crippen LogP contribution in [0.1, 0.15) is 40.8 Å². The van der Waals surface area contributed by atoms with Gasteiger partial charge in [-0.2, -0.15) is 0 Å². The molecule has 0 saturated heterocycles. The van der Waals surface area contributed by atoms with E-state index in [1.165, 1.54) is 6.92 Å². The van der Waals surface area contributed by atoms with Crippen LogP contribution in [0, 0.1) is 13.8 Å². The summed E-state index contributed by atoms with van der Waals surface area (Å²) in [6.45, 7) is 5.15. The van der Waals surface area contributed by atoms with Crippen LogP contribution in [0.3, 0.4) is 0 Å². The standard InChI is InChI=1S/C17H18ClNO3/c1-10-4-5-13(18)8-16(10)19-17(21)7-6-14-9-15(11(2)20)12(3)22-14/h4-5,8-9H,6-7H2,1-3H3,(H,19,21). The Morgan fingerprint density at radius 1 is 1.23 bits per heavy atom. The van der Waals surface area contributed by atoms with Crippen molar-refractivity contribution >= 4 is 29.0 Å². The topological polar surface area (TPSA) is 59.3 Å².